The highest BCUT2D eigenvalue weighted by atomic mass is 14.7. The van der Waals surface area contributed by atoms with E-state index in [4.69, 9.17) is 0 Å². The predicted molar refractivity (Wildman–Crippen MR) is 350 cm³/mol. The molecule has 0 fully saturated rings. The van der Waals surface area contributed by atoms with E-state index in [1.54, 1.807) is 0 Å². The van der Waals surface area contributed by atoms with E-state index in [1.807, 2.05) is 24.5 Å². The highest BCUT2D eigenvalue weighted by molar-refractivity contribution is 5.83. The van der Waals surface area contributed by atoms with Crippen molar-refractivity contribution < 1.29 is 0 Å². The molecule has 2 heterocycles. The second-order valence-corrected chi connectivity index (χ2v) is 24.7. The lowest BCUT2D eigenvalue weighted by Crippen LogP contribution is -1.93. The van der Waals surface area contributed by atoms with Crippen molar-refractivity contribution in [1.82, 2.24) is 9.97 Å². The molecule has 10 aromatic rings. The first-order valence-electron chi connectivity index (χ1n) is 29.8. The van der Waals surface area contributed by atoms with Crippen molar-refractivity contribution in [3.8, 4) is 55.6 Å². The van der Waals surface area contributed by atoms with Crippen LogP contribution < -0.4 is 0 Å². The molecule has 0 amide bonds. The lowest BCUT2D eigenvalue weighted by Gasteiger charge is -2.11. The van der Waals surface area contributed by atoms with Gasteiger partial charge < -0.3 is 0 Å². The van der Waals surface area contributed by atoms with Gasteiger partial charge >= 0.3 is 0 Å². The third-order valence-corrected chi connectivity index (χ3v) is 20.0. The molecule has 15 rings (SSSR count). The van der Waals surface area contributed by atoms with Crippen molar-refractivity contribution in [2.45, 2.75) is 150 Å². The average Bonchev–Trinajstić information content (AvgIpc) is 4.44. The second-order valence-electron chi connectivity index (χ2n) is 24.7. The van der Waals surface area contributed by atoms with Crippen molar-refractivity contribution >= 4 is 0 Å². The van der Waals surface area contributed by atoms with Gasteiger partial charge in [-0.25, -0.2) is 0 Å². The number of benzene rings is 8. The molecule has 0 bridgehead atoms. The fourth-order valence-electron chi connectivity index (χ4n) is 13.6. The van der Waals surface area contributed by atoms with Crippen LogP contribution in [0.25, 0.3) is 55.6 Å². The summed E-state index contributed by atoms with van der Waals surface area (Å²) in [4.78, 5) is 8.92. The van der Waals surface area contributed by atoms with Gasteiger partial charge in [0.1, 0.15) is 0 Å². The molecule has 0 saturated heterocycles. The maximum absolute atomic E-state index is 4.47. The Morgan fingerprint density at radius 3 is 1.07 bits per heavy atom. The van der Waals surface area contributed by atoms with Crippen molar-refractivity contribution in [1.29, 1.82) is 0 Å². The molecule has 82 heavy (non-hydrogen) atoms. The molecule has 0 spiro atoms. The molecule has 0 radical (unpaired) electrons. The third kappa shape index (κ3) is 9.97. The van der Waals surface area contributed by atoms with Gasteiger partial charge in [0.2, 0.25) is 0 Å². The Morgan fingerprint density at radius 2 is 0.585 bits per heavy atom. The van der Waals surface area contributed by atoms with Gasteiger partial charge in [-0.15, -0.1) is 0 Å². The van der Waals surface area contributed by atoms with Gasteiger partial charge in [0.15, 0.2) is 0 Å². The van der Waals surface area contributed by atoms with Gasteiger partial charge in [0.25, 0.3) is 0 Å². The van der Waals surface area contributed by atoms with Gasteiger partial charge in [-0.2, -0.15) is 0 Å². The van der Waals surface area contributed by atoms with Crippen LogP contribution in [0.1, 0.15) is 150 Å². The molecule has 2 aromatic heterocycles. The molecule has 2 heteroatoms. The van der Waals surface area contributed by atoms with E-state index in [0.29, 0.717) is 0 Å². The monoisotopic (exact) mass is 1070 g/mol. The van der Waals surface area contributed by atoms with Crippen molar-refractivity contribution in [2.24, 2.45) is 0 Å². The number of fused-ring (bicyclic) bond motifs is 15. The fourth-order valence-corrected chi connectivity index (χ4v) is 13.6. The van der Waals surface area contributed by atoms with Crippen LogP contribution >= 0.6 is 0 Å². The topological polar surface area (TPSA) is 25.8 Å². The lowest BCUT2D eigenvalue weighted by atomic mass is 9.94. The molecule has 0 saturated carbocycles. The van der Waals surface area contributed by atoms with Gasteiger partial charge in [-0.1, -0.05) is 109 Å². The van der Waals surface area contributed by atoms with E-state index < -0.39 is 0 Å². The Hall–Kier alpha value is -7.94. The number of rotatable bonds is 0. The Bertz CT molecular complexity index is 4180. The average molecular weight is 1070 g/mol. The van der Waals surface area contributed by atoms with Crippen molar-refractivity contribution in [3.63, 3.8) is 0 Å². The van der Waals surface area contributed by atoms with Gasteiger partial charge in [-0.3, -0.25) is 9.97 Å². The number of nitrogens with zero attached hydrogens (tertiary/aromatic N) is 2. The van der Waals surface area contributed by atoms with Crippen LogP contribution in [-0.2, 0) is 32.1 Å². The SMILES string of the molecule is Cc1cc(C)c2c(c1)-c1ccc(C)c(C)c1C2.Cc1cc2c(c(C)c1C)Cc1ncccc1-2.Cc1cc2c(cc1C)-c1ccc(C)c(C)c1C2.Cc1ccc2c(c1C)Cc1c-2ccc(C)c1C.Cc1ccc2c(c1C)Cc1ncccc1-2. The van der Waals surface area contributed by atoms with Crippen LogP contribution in [0.3, 0.4) is 0 Å². The van der Waals surface area contributed by atoms with E-state index >= 15 is 0 Å². The summed E-state index contributed by atoms with van der Waals surface area (Å²) in [5.74, 6) is 0. The predicted octanol–water partition coefficient (Wildman–Crippen LogP) is 20.3. The quantitative estimate of drug-likeness (QED) is 0.151. The highest BCUT2D eigenvalue weighted by Crippen LogP contribution is 2.45. The Labute approximate surface area is 490 Å². The molecular formula is C80H82N2. The number of aromatic nitrogens is 2. The maximum atomic E-state index is 4.47. The molecule has 0 N–H and O–H groups in total. The van der Waals surface area contributed by atoms with Crippen LogP contribution in [0.15, 0.2) is 128 Å². The lowest BCUT2D eigenvalue weighted by molar-refractivity contribution is 1.10. The van der Waals surface area contributed by atoms with Crippen LogP contribution in [-0.4, -0.2) is 9.97 Å². The summed E-state index contributed by atoms with van der Waals surface area (Å²) in [5, 5.41) is 0. The second kappa shape index (κ2) is 22.1. The summed E-state index contributed by atoms with van der Waals surface area (Å²) in [6.07, 6.45) is 9.11. The van der Waals surface area contributed by atoms with E-state index in [-0.39, 0.29) is 0 Å². The summed E-state index contributed by atoms with van der Waals surface area (Å²) in [6, 6.07) is 42.6. The van der Waals surface area contributed by atoms with E-state index in [9.17, 15) is 0 Å². The first-order chi connectivity index (χ1) is 39.2. The molecule has 0 unspecified atom stereocenters. The Morgan fingerprint density at radius 1 is 0.232 bits per heavy atom. The van der Waals surface area contributed by atoms with Crippen LogP contribution in [0.5, 0.6) is 0 Å². The van der Waals surface area contributed by atoms with Gasteiger partial charge in [-0.05, 0) is 327 Å². The normalized spacial score (nSPS) is 12.5. The van der Waals surface area contributed by atoms with Gasteiger partial charge in [0.05, 0.1) is 11.4 Å². The maximum Gasteiger partial charge on any atom is 0.0526 e. The van der Waals surface area contributed by atoms with Crippen LogP contribution in [0.2, 0.25) is 0 Å². The zero-order valence-corrected chi connectivity index (χ0v) is 52.1. The van der Waals surface area contributed by atoms with Crippen molar-refractivity contribution in [2.75, 3.05) is 0 Å². The molecule has 5 aliphatic rings. The Balaban J connectivity index is 0.000000108. The Kier molecular flexibility index (Phi) is 15.1. The molecule has 412 valence electrons. The minimum absolute atomic E-state index is 0.998. The van der Waals surface area contributed by atoms with Crippen molar-refractivity contribution in [3.05, 3.63) is 278 Å². The first-order valence-corrected chi connectivity index (χ1v) is 29.8. The summed E-state index contributed by atoms with van der Waals surface area (Å²) in [5.41, 5.74) is 52.8. The molecule has 0 aliphatic heterocycles. The molecule has 0 atom stereocenters. The number of hydrogen-bond donors (Lipinski definition) is 0. The van der Waals surface area contributed by atoms with Crippen LogP contribution in [0, 0.1) is 118 Å². The molecular weight excluding hydrogens is 989 g/mol. The van der Waals surface area contributed by atoms with E-state index in [1.165, 1.54) is 206 Å². The molecule has 8 aromatic carbocycles. The van der Waals surface area contributed by atoms with Gasteiger partial charge in [0, 0.05) is 36.4 Å². The zero-order chi connectivity index (χ0) is 58.2. The number of pyridine rings is 2. The summed E-state index contributed by atoms with van der Waals surface area (Å²) < 4.78 is 0. The van der Waals surface area contributed by atoms with E-state index in [2.05, 4.69) is 231 Å². The first kappa shape index (κ1) is 55.9. The third-order valence-electron chi connectivity index (χ3n) is 20.0. The number of aryl methyl sites for hydroxylation is 10. The fraction of sp³-hybridized carbons (Fsp3) is 0.275. The minimum atomic E-state index is 0.998. The van der Waals surface area contributed by atoms with Crippen LogP contribution in [0.4, 0.5) is 0 Å². The summed E-state index contributed by atoms with van der Waals surface area (Å²) in [6.45, 7) is 37.7. The zero-order valence-electron chi connectivity index (χ0n) is 52.1. The minimum Gasteiger partial charge on any atom is -0.260 e. The standard InChI is InChI=1S/3C17H18.C15H15N.C14H13N/c1-10-5-7-14-15-8-6-11(2)13(4)17(15)9-16(14)12(10)3;1-10-7-12(3)15-9-16-13(4)11(2)5-6-14(16)17(15)8-10;1-10-5-6-15-16(13(10)4)9-14-7-11(2)12(3)8-17(14)15;1-9-7-14-12-5-4-6-16-15(12)8-13(14)11(3)10(9)2;1-9-5-6-11-12-4-3-7-15-14(12)8-13(11)10(9)2/h3*5-8H,9H2,1-4H3;4-7H,8H2,1-3H3;3-7H,8H2,1-2H3. The molecule has 2 nitrogen and oxygen atoms in total. The number of hydrogen-bond acceptors (Lipinski definition) is 2. The summed E-state index contributed by atoms with van der Waals surface area (Å²) >= 11 is 0. The van der Waals surface area contributed by atoms with E-state index in [0.717, 1.165) is 32.1 Å². The molecule has 5 aliphatic carbocycles. The largest absolute Gasteiger partial charge is 0.260 e. The smallest absolute Gasteiger partial charge is 0.0526 e. The highest BCUT2D eigenvalue weighted by Gasteiger charge is 2.27. The summed E-state index contributed by atoms with van der Waals surface area (Å²) in [7, 11) is 0.